The van der Waals surface area contributed by atoms with Crippen LogP contribution in [0.3, 0.4) is 0 Å². The van der Waals surface area contributed by atoms with Crippen LogP contribution in [0.4, 0.5) is 19.0 Å². The second kappa shape index (κ2) is 6.23. The van der Waals surface area contributed by atoms with E-state index >= 15 is 0 Å². The van der Waals surface area contributed by atoms with Crippen molar-refractivity contribution in [3.05, 3.63) is 58.6 Å². The standard InChI is InChI=1S/C15H8B3F3N4O/c16-15(17,18)24-11-9-6-7-10(14(19,20)21)22-12(9)25(13(26)23-11)8-4-2-1-3-5-8/h1-7H,(H,23,24,26). The second-order valence-corrected chi connectivity index (χ2v) is 5.54. The minimum absolute atomic E-state index is 0.0900. The van der Waals surface area contributed by atoms with Gasteiger partial charge in [-0.1, -0.05) is 23.4 Å². The third-order valence-corrected chi connectivity index (χ3v) is 3.38. The highest BCUT2D eigenvalue weighted by Crippen LogP contribution is 2.30. The number of hydrogen-bond donors (Lipinski definition) is 1. The molecule has 11 heteroatoms. The molecule has 0 spiro atoms. The Hall–Kier alpha value is -2.71. The number of rotatable bonds is 3. The van der Waals surface area contributed by atoms with Gasteiger partial charge in [-0.05, 0) is 24.3 Å². The van der Waals surface area contributed by atoms with E-state index in [0.29, 0.717) is 5.69 Å². The summed E-state index contributed by atoms with van der Waals surface area (Å²) in [6.45, 7) is 0. The first-order chi connectivity index (χ1) is 12.1. The fourth-order valence-electron chi connectivity index (χ4n) is 2.37. The molecule has 1 aromatic carbocycles. The van der Waals surface area contributed by atoms with Crippen molar-refractivity contribution < 1.29 is 13.2 Å². The van der Waals surface area contributed by atoms with Gasteiger partial charge in [-0.3, -0.25) is 0 Å². The lowest BCUT2D eigenvalue weighted by Crippen LogP contribution is -2.41. The van der Waals surface area contributed by atoms with Crippen molar-refractivity contribution in [1.82, 2.24) is 14.5 Å². The lowest BCUT2D eigenvalue weighted by Gasteiger charge is -2.24. The first-order valence-corrected chi connectivity index (χ1v) is 7.27. The molecule has 0 unspecified atom stereocenters. The fraction of sp³-hybridized carbons (Fsp3) is 0.133. The third-order valence-electron chi connectivity index (χ3n) is 3.38. The summed E-state index contributed by atoms with van der Waals surface area (Å²) in [6.07, 6.45) is -4.69. The number of anilines is 1. The first-order valence-electron chi connectivity index (χ1n) is 7.27. The predicted molar refractivity (Wildman–Crippen MR) is 93.8 cm³/mol. The van der Waals surface area contributed by atoms with Gasteiger partial charge in [0, 0.05) is 0 Å². The molecular formula is C15H8B3F3N4O. The smallest absolute Gasteiger partial charge is 0.389 e. The summed E-state index contributed by atoms with van der Waals surface area (Å²) in [7, 11) is 16.4. The summed E-state index contributed by atoms with van der Waals surface area (Å²) in [6, 6.07) is 9.90. The van der Waals surface area contributed by atoms with Crippen molar-refractivity contribution in [3.63, 3.8) is 0 Å². The van der Waals surface area contributed by atoms with E-state index in [-0.39, 0.29) is 16.9 Å². The Morgan fingerprint density at radius 1 is 0.962 bits per heavy atom. The van der Waals surface area contributed by atoms with E-state index in [0.717, 1.165) is 16.7 Å². The Labute approximate surface area is 149 Å². The molecule has 3 rings (SSSR count). The molecule has 0 aliphatic heterocycles. The van der Waals surface area contributed by atoms with Crippen molar-refractivity contribution in [2.45, 2.75) is 11.4 Å². The van der Waals surface area contributed by atoms with Gasteiger partial charge < -0.3 is 5.32 Å². The number of nitrogens with zero attached hydrogens (tertiary/aromatic N) is 3. The lowest BCUT2D eigenvalue weighted by atomic mass is 9.49. The van der Waals surface area contributed by atoms with Crippen molar-refractivity contribution in [2.75, 3.05) is 5.32 Å². The van der Waals surface area contributed by atoms with Crippen LogP contribution in [0.15, 0.2) is 47.3 Å². The third kappa shape index (κ3) is 3.61. The molecule has 124 valence electrons. The Morgan fingerprint density at radius 2 is 1.62 bits per heavy atom. The number of alkyl halides is 3. The molecule has 0 atom stereocenters. The number of nitrogens with one attached hydrogen (secondary N) is 1. The maximum absolute atomic E-state index is 13.1. The normalized spacial score (nSPS) is 12.3. The SMILES string of the molecule is [B]C([B])([B])Nc1nc(=O)n(-c2ccccc2)c2nc(C(F)(F)F)ccc12. The van der Waals surface area contributed by atoms with Crippen LogP contribution < -0.4 is 11.0 Å². The van der Waals surface area contributed by atoms with Gasteiger partial charge in [0.25, 0.3) is 0 Å². The molecule has 2 aromatic heterocycles. The van der Waals surface area contributed by atoms with Gasteiger partial charge in [0.05, 0.1) is 34.6 Å². The molecule has 0 bridgehead atoms. The van der Waals surface area contributed by atoms with Crippen LogP contribution in [0.5, 0.6) is 0 Å². The zero-order chi connectivity index (χ0) is 19.1. The number of para-hydroxylation sites is 1. The highest BCUT2D eigenvalue weighted by atomic mass is 19.4. The zero-order valence-corrected chi connectivity index (χ0v) is 13.2. The zero-order valence-electron chi connectivity index (χ0n) is 13.2. The Morgan fingerprint density at radius 3 is 2.19 bits per heavy atom. The second-order valence-electron chi connectivity index (χ2n) is 5.54. The fourth-order valence-corrected chi connectivity index (χ4v) is 2.37. The molecule has 0 aliphatic carbocycles. The minimum atomic E-state index is -4.69. The topological polar surface area (TPSA) is 59.8 Å². The molecule has 0 saturated heterocycles. The summed E-state index contributed by atoms with van der Waals surface area (Å²) >= 11 is 0. The van der Waals surface area contributed by atoms with Crippen LogP contribution in [0.2, 0.25) is 0 Å². The molecule has 0 saturated carbocycles. The van der Waals surface area contributed by atoms with Crippen LogP contribution in [0, 0.1) is 0 Å². The number of hydrogen-bond acceptors (Lipinski definition) is 4. The van der Waals surface area contributed by atoms with Gasteiger partial charge in [0.15, 0.2) is 5.65 Å². The van der Waals surface area contributed by atoms with Crippen LogP contribution in [-0.4, -0.2) is 43.3 Å². The van der Waals surface area contributed by atoms with Gasteiger partial charge >= 0.3 is 11.9 Å². The number of pyridine rings is 1. The van der Waals surface area contributed by atoms with E-state index in [9.17, 15) is 18.0 Å². The molecule has 0 amide bonds. The van der Waals surface area contributed by atoms with E-state index < -0.39 is 22.8 Å². The van der Waals surface area contributed by atoms with Crippen LogP contribution >= 0.6 is 0 Å². The minimum Gasteiger partial charge on any atom is -0.389 e. The summed E-state index contributed by atoms with van der Waals surface area (Å²) in [5, 5.41) is 0.543. The summed E-state index contributed by atoms with van der Waals surface area (Å²) in [5.74, 6) is -0.175. The van der Waals surface area contributed by atoms with Gasteiger partial charge in [-0.25, -0.2) is 14.3 Å². The van der Waals surface area contributed by atoms with Gasteiger partial charge in [0.1, 0.15) is 11.5 Å². The van der Waals surface area contributed by atoms with Gasteiger partial charge in [-0.2, -0.15) is 18.2 Å². The molecule has 0 fully saturated rings. The quantitative estimate of drug-likeness (QED) is 0.725. The molecule has 6 radical (unpaired) electrons. The number of aromatic nitrogens is 3. The maximum Gasteiger partial charge on any atom is 0.433 e. The van der Waals surface area contributed by atoms with E-state index in [1.54, 1.807) is 18.2 Å². The van der Waals surface area contributed by atoms with Gasteiger partial charge in [0.2, 0.25) is 0 Å². The Kier molecular flexibility index (Phi) is 4.33. The van der Waals surface area contributed by atoms with Crippen molar-refractivity contribution in [1.29, 1.82) is 0 Å². The van der Waals surface area contributed by atoms with Crippen LogP contribution in [0.25, 0.3) is 16.7 Å². The number of benzene rings is 1. The van der Waals surface area contributed by atoms with E-state index in [2.05, 4.69) is 15.3 Å². The van der Waals surface area contributed by atoms with Gasteiger partial charge in [-0.15, -0.1) is 0 Å². The average Bonchev–Trinajstić information content (AvgIpc) is 2.53. The Bertz CT molecular complexity index is 1020. The maximum atomic E-state index is 13.1. The number of fused-ring (bicyclic) bond motifs is 1. The molecule has 3 aromatic rings. The first kappa shape index (κ1) is 18.1. The molecule has 26 heavy (non-hydrogen) atoms. The molecular weight excluding hydrogens is 342 g/mol. The average molecular weight is 350 g/mol. The lowest BCUT2D eigenvalue weighted by molar-refractivity contribution is -0.141. The predicted octanol–water partition coefficient (Wildman–Crippen LogP) is 1.33. The van der Waals surface area contributed by atoms with E-state index in [1.165, 1.54) is 12.1 Å². The van der Waals surface area contributed by atoms with E-state index in [4.69, 9.17) is 23.5 Å². The molecule has 5 nitrogen and oxygen atoms in total. The van der Waals surface area contributed by atoms with Crippen molar-refractivity contribution in [2.24, 2.45) is 0 Å². The summed E-state index contributed by atoms with van der Waals surface area (Å²) in [4.78, 5) is 19.9. The highest BCUT2D eigenvalue weighted by Gasteiger charge is 2.33. The van der Waals surface area contributed by atoms with Crippen molar-refractivity contribution in [3.8, 4) is 5.69 Å². The summed E-state index contributed by atoms with van der Waals surface area (Å²) in [5.41, 5.74) is -2.00. The Balaban J connectivity index is 2.38. The highest BCUT2D eigenvalue weighted by molar-refractivity contribution is 6.60. The molecule has 2 heterocycles. The van der Waals surface area contributed by atoms with Crippen molar-refractivity contribution >= 4 is 40.4 Å². The largest absolute Gasteiger partial charge is 0.433 e. The van der Waals surface area contributed by atoms with Crippen LogP contribution in [-0.2, 0) is 6.18 Å². The van der Waals surface area contributed by atoms with E-state index in [1.807, 2.05) is 0 Å². The molecule has 1 N–H and O–H groups in total. The summed E-state index contributed by atoms with van der Waals surface area (Å²) < 4.78 is 40.2. The monoisotopic (exact) mass is 350 g/mol. The molecule has 0 aliphatic rings. The number of halogens is 3. The van der Waals surface area contributed by atoms with Crippen LogP contribution in [0.1, 0.15) is 5.69 Å².